The molecule has 0 aliphatic carbocycles. The minimum absolute atomic E-state index is 0.0258. The molecule has 0 saturated heterocycles. The molecular weight excluding hydrogens is 390 g/mol. The summed E-state index contributed by atoms with van der Waals surface area (Å²) < 4.78 is 79.8. The number of alkyl halides is 3. The molecular formula is C17H16F6N4O. The highest BCUT2D eigenvalue weighted by atomic mass is 19.4. The van der Waals surface area contributed by atoms with Crippen LogP contribution in [0.25, 0.3) is 0 Å². The Hall–Kier alpha value is -2.59. The highest BCUT2D eigenvalue weighted by Crippen LogP contribution is 2.29. The average molecular weight is 406 g/mol. The van der Waals surface area contributed by atoms with Gasteiger partial charge in [0.15, 0.2) is 17.5 Å². The molecule has 1 aliphatic rings. The summed E-state index contributed by atoms with van der Waals surface area (Å²) >= 11 is 0. The first-order valence-corrected chi connectivity index (χ1v) is 8.46. The first-order chi connectivity index (χ1) is 13.1. The van der Waals surface area contributed by atoms with Gasteiger partial charge >= 0.3 is 6.18 Å². The summed E-state index contributed by atoms with van der Waals surface area (Å²) in [6.07, 6.45) is -4.75. The second-order valence-electron chi connectivity index (χ2n) is 6.78. The zero-order valence-electron chi connectivity index (χ0n) is 14.7. The van der Waals surface area contributed by atoms with Crippen molar-refractivity contribution in [2.45, 2.75) is 39.0 Å². The van der Waals surface area contributed by atoms with Crippen molar-refractivity contribution in [2.75, 3.05) is 6.54 Å². The van der Waals surface area contributed by atoms with Gasteiger partial charge in [-0.25, -0.2) is 13.2 Å². The van der Waals surface area contributed by atoms with Gasteiger partial charge in [0.1, 0.15) is 5.82 Å². The highest BCUT2D eigenvalue weighted by molar-refractivity contribution is 5.76. The molecule has 1 amide bonds. The second-order valence-corrected chi connectivity index (χ2v) is 6.78. The van der Waals surface area contributed by atoms with E-state index in [9.17, 15) is 31.1 Å². The largest absolute Gasteiger partial charge is 0.451 e. The fourth-order valence-electron chi connectivity index (χ4n) is 3.21. The average Bonchev–Trinajstić information content (AvgIpc) is 3.02. The lowest BCUT2D eigenvalue weighted by molar-refractivity contribution is -0.148. The Morgan fingerprint density at radius 3 is 2.57 bits per heavy atom. The van der Waals surface area contributed by atoms with Crippen LogP contribution in [0.15, 0.2) is 12.1 Å². The number of hydrogen-bond donors (Lipinski definition) is 0. The third-order valence-electron chi connectivity index (χ3n) is 4.52. The molecule has 2 heterocycles. The molecule has 0 bridgehead atoms. The van der Waals surface area contributed by atoms with Crippen molar-refractivity contribution in [1.82, 2.24) is 19.7 Å². The summed E-state index contributed by atoms with van der Waals surface area (Å²) in [7, 11) is 0. The lowest BCUT2D eigenvalue weighted by Crippen LogP contribution is -2.40. The quantitative estimate of drug-likeness (QED) is 0.578. The van der Waals surface area contributed by atoms with Crippen LogP contribution >= 0.6 is 0 Å². The predicted octanol–water partition coefficient (Wildman–Crippen LogP) is 3.33. The topological polar surface area (TPSA) is 51.0 Å². The molecule has 1 aliphatic heterocycles. The molecule has 3 rings (SSSR count). The van der Waals surface area contributed by atoms with Crippen LogP contribution in [-0.2, 0) is 30.5 Å². The molecule has 0 unspecified atom stereocenters. The Morgan fingerprint density at radius 1 is 1.18 bits per heavy atom. The van der Waals surface area contributed by atoms with Crippen LogP contribution in [0, 0.1) is 23.4 Å². The lowest BCUT2D eigenvalue weighted by atomic mass is 9.96. The maximum atomic E-state index is 13.8. The van der Waals surface area contributed by atoms with E-state index in [4.69, 9.17) is 0 Å². The van der Waals surface area contributed by atoms with Gasteiger partial charge in [0.2, 0.25) is 11.7 Å². The second kappa shape index (κ2) is 7.44. The Kier molecular flexibility index (Phi) is 5.35. The maximum absolute atomic E-state index is 13.8. The zero-order chi connectivity index (χ0) is 20.6. The fourth-order valence-corrected chi connectivity index (χ4v) is 3.21. The summed E-state index contributed by atoms with van der Waals surface area (Å²) in [5, 5.41) is 6.64. The predicted molar refractivity (Wildman–Crippen MR) is 84.2 cm³/mol. The Bertz CT molecular complexity index is 895. The van der Waals surface area contributed by atoms with E-state index in [1.54, 1.807) is 6.92 Å². The van der Waals surface area contributed by atoms with E-state index in [0.29, 0.717) is 6.07 Å². The third-order valence-corrected chi connectivity index (χ3v) is 4.52. The van der Waals surface area contributed by atoms with Crippen LogP contribution in [0.2, 0.25) is 0 Å². The van der Waals surface area contributed by atoms with Crippen LogP contribution in [-0.4, -0.2) is 32.1 Å². The summed E-state index contributed by atoms with van der Waals surface area (Å²) in [6, 6.07) is 1.31. The number of benzene rings is 1. The van der Waals surface area contributed by atoms with Crippen LogP contribution in [0.3, 0.4) is 0 Å². The zero-order valence-corrected chi connectivity index (χ0v) is 14.7. The van der Waals surface area contributed by atoms with Crippen LogP contribution in [0.1, 0.15) is 30.6 Å². The van der Waals surface area contributed by atoms with Gasteiger partial charge in [-0.2, -0.15) is 13.2 Å². The monoisotopic (exact) mass is 406 g/mol. The van der Waals surface area contributed by atoms with Gasteiger partial charge in [0.25, 0.3) is 0 Å². The number of carbonyl (C=O) groups is 1. The van der Waals surface area contributed by atoms with Gasteiger partial charge in [-0.15, -0.1) is 10.2 Å². The van der Waals surface area contributed by atoms with Crippen molar-refractivity contribution in [3.8, 4) is 0 Å². The molecule has 0 N–H and O–H groups in total. The molecule has 0 radical (unpaired) electrons. The van der Waals surface area contributed by atoms with Crippen molar-refractivity contribution in [3.63, 3.8) is 0 Å². The molecule has 28 heavy (non-hydrogen) atoms. The minimum Gasteiger partial charge on any atom is -0.333 e. The Labute approximate surface area is 156 Å². The van der Waals surface area contributed by atoms with Crippen LogP contribution < -0.4 is 0 Å². The molecule has 5 nitrogen and oxygen atoms in total. The van der Waals surface area contributed by atoms with Gasteiger partial charge in [0, 0.05) is 25.6 Å². The van der Waals surface area contributed by atoms with E-state index < -0.39 is 35.4 Å². The number of aromatic nitrogens is 3. The lowest BCUT2D eigenvalue weighted by Gasteiger charge is -2.29. The van der Waals surface area contributed by atoms with Gasteiger partial charge < -0.3 is 9.47 Å². The van der Waals surface area contributed by atoms with Crippen molar-refractivity contribution in [1.29, 1.82) is 0 Å². The smallest absolute Gasteiger partial charge is 0.333 e. The Balaban J connectivity index is 1.64. The number of carbonyl (C=O) groups excluding carboxylic acids is 1. The van der Waals surface area contributed by atoms with Crippen molar-refractivity contribution >= 4 is 5.91 Å². The maximum Gasteiger partial charge on any atom is 0.451 e. The first-order valence-electron chi connectivity index (χ1n) is 8.46. The van der Waals surface area contributed by atoms with Crippen LogP contribution in [0.5, 0.6) is 0 Å². The number of amides is 1. The van der Waals surface area contributed by atoms with E-state index in [0.717, 1.165) is 10.6 Å². The van der Waals surface area contributed by atoms with Gasteiger partial charge in [-0.05, 0) is 24.0 Å². The Morgan fingerprint density at radius 2 is 1.89 bits per heavy atom. The summed E-state index contributed by atoms with van der Waals surface area (Å²) in [5.74, 6) is -5.26. The molecule has 0 spiro atoms. The molecule has 11 heteroatoms. The summed E-state index contributed by atoms with van der Waals surface area (Å²) in [5.41, 5.74) is -0.175. The molecule has 1 atom stereocenters. The first kappa shape index (κ1) is 20.2. The van der Waals surface area contributed by atoms with E-state index in [-0.39, 0.29) is 49.8 Å². The van der Waals surface area contributed by atoms with E-state index >= 15 is 0 Å². The highest BCUT2D eigenvalue weighted by Gasteiger charge is 2.39. The summed E-state index contributed by atoms with van der Waals surface area (Å²) in [6.45, 7) is 1.44. The fraction of sp³-hybridized carbons (Fsp3) is 0.471. The number of nitrogens with zero attached hydrogens (tertiary/aromatic N) is 4. The van der Waals surface area contributed by atoms with Crippen molar-refractivity contribution < 1.29 is 31.1 Å². The van der Waals surface area contributed by atoms with Crippen molar-refractivity contribution in [3.05, 3.63) is 46.8 Å². The number of rotatable bonds is 4. The van der Waals surface area contributed by atoms with Crippen LogP contribution in [0.4, 0.5) is 26.3 Å². The standard InChI is InChI=1S/C17H16F6N4O/c1-9(4-10-6-11(18)7-12(19)15(10)20)5-14(28)26-2-3-27-13(8-26)24-25-16(27)17(21,22)23/h6-7,9H,2-5,8H2,1H3/t9-/m1/s1. The van der Waals surface area contributed by atoms with E-state index in [1.807, 2.05) is 0 Å². The number of halogens is 6. The molecule has 152 valence electrons. The molecule has 2 aromatic rings. The van der Waals surface area contributed by atoms with Crippen molar-refractivity contribution in [2.24, 2.45) is 5.92 Å². The normalized spacial score (nSPS) is 15.5. The third kappa shape index (κ3) is 4.12. The number of fused-ring (bicyclic) bond motifs is 1. The molecule has 0 saturated carbocycles. The SMILES string of the molecule is C[C@@H](CC(=O)N1CCn2c(nnc2C(F)(F)F)C1)Cc1cc(F)cc(F)c1F. The van der Waals surface area contributed by atoms with Gasteiger partial charge in [0.05, 0.1) is 6.54 Å². The molecule has 1 aromatic heterocycles. The van der Waals surface area contributed by atoms with E-state index in [1.165, 1.54) is 4.90 Å². The minimum atomic E-state index is -4.63. The van der Waals surface area contributed by atoms with Gasteiger partial charge in [-0.3, -0.25) is 4.79 Å². The van der Waals surface area contributed by atoms with Gasteiger partial charge in [-0.1, -0.05) is 6.92 Å². The number of hydrogen-bond acceptors (Lipinski definition) is 3. The molecule has 1 aromatic carbocycles. The summed E-state index contributed by atoms with van der Waals surface area (Å²) in [4.78, 5) is 13.8. The molecule has 0 fully saturated rings. The van der Waals surface area contributed by atoms with E-state index in [2.05, 4.69) is 10.2 Å².